The molecule has 0 heterocycles. The Morgan fingerprint density at radius 1 is 0.833 bits per heavy atom. The van der Waals surface area contributed by atoms with E-state index < -0.39 is 8.07 Å². The first-order valence-electron chi connectivity index (χ1n) is 5.15. The van der Waals surface area contributed by atoms with Crippen LogP contribution in [0.3, 0.4) is 0 Å². The molecule has 0 saturated heterocycles. The van der Waals surface area contributed by atoms with Crippen molar-refractivity contribution >= 4 is 26.4 Å². The molecule has 3 heteroatoms. The SMILES string of the molecule is C[SiH2]C.C[SiH](C)C.C[Si](C)(C)C. The monoisotopic (exact) mass is 222 g/mol. The van der Waals surface area contributed by atoms with Crippen LogP contribution in [0.1, 0.15) is 0 Å². The Kier molecular flexibility index (Phi) is 17.9. The predicted octanol–water partition coefficient (Wildman–Crippen LogP) is 3.31. The van der Waals surface area contributed by atoms with Crippen LogP contribution in [0.2, 0.25) is 58.9 Å². The standard InChI is InChI=1S/C4H12Si.C3H10Si.C2H8Si/c1-5(2,3)4;1-4(2)3;1-3-2/h1-4H3;4H,1-3H3;3H2,1-2H3. The fourth-order valence-corrected chi connectivity index (χ4v) is 0. The maximum atomic E-state index is 2.33. The lowest BCUT2D eigenvalue weighted by molar-refractivity contribution is 1.71. The lowest BCUT2D eigenvalue weighted by atomic mass is 11.8. The molecule has 0 rings (SSSR count). The van der Waals surface area contributed by atoms with E-state index in [2.05, 4.69) is 58.9 Å². The molecule has 0 nitrogen and oxygen atoms in total. The summed E-state index contributed by atoms with van der Waals surface area (Å²) in [5.41, 5.74) is 0. The number of hydrogen-bond acceptors (Lipinski definition) is 0. The zero-order chi connectivity index (χ0) is 10.8. The smallest absolute Gasteiger partial charge is 0.0411 e. The van der Waals surface area contributed by atoms with Crippen LogP contribution in [-0.4, -0.2) is 26.4 Å². The number of hydrogen-bond donors (Lipinski definition) is 0. The van der Waals surface area contributed by atoms with Gasteiger partial charge in [0.15, 0.2) is 0 Å². The quantitative estimate of drug-likeness (QED) is 0.552. The Morgan fingerprint density at radius 3 is 0.833 bits per heavy atom. The molecule has 0 fully saturated rings. The van der Waals surface area contributed by atoms with Gasteiger partial charge in [-0.15, -0.1) is 0 Å². The van der Waals surface area contributed by atoms with E-state index in [1.807, 2.05) is 0 Å². The summed E-state index contributed by atoms with van der Waals surface area (Å²) in [5.74, 6) is 0. The van der Waals surface area contributed by atoms with Gasteiger partial charge in [-0.25, -0.2) is 0 Å². The molecule has 0 aromatic rings. The Morgan fingerprint density at radius 2 is 0.833 bits per heavy atom. The third-order valence-corrected chi connectivity index (χ3v) is 0. The van der Waals surface area contributed by atoms with Gasteiger partial charge in [-0.2, -0.15) is 0 Å². The highest BCUT2D eigenvalue weighted by molar-refractivity contribution is 6.74. The summed E-state index contributed by atoms with van der Waals surface area (Å²) in [7, 11) is -0.333. The summed E-state index contributed by atoms with van der Waals surface area (Å²) < 4.78 is 0. The van der Waals surface area contributed by atoms with Gasteiger partial charge in [0.05, 0.1) is 0 Å². The minimum absolute atomic E-state index is 0.139. The minimum atomic E-state index is -0.611. The molecule has 12 heavy (non-hydrogen) atoms. The third-order valence-electron chi connectivity index (χ3n) is 0. The molecule has 0 atom stereocenters. The maximum absolute atomic E-state index is 2.33. The molecular weight excluding hydrogens is 192 g/mol. The van der Waals surface area contributed by atoms with E-state index in [0.29, 0.717) is 9.52 Å². The largest absolute Gasteiger partial charge is 0.0750 e. The average Bonchev–Trinajstić information content (AvgIpc) is 1.56. The van der Waals surface area contributed by atoms with Crippen LogP contribution < -0.4 is 0 Å². The van der Waals surface area contributed by atoms with Crippen LogP contribution in [0.4, 0.5) is 0 Å². The van der Waals surface area contributed by atoms with Crippen LogP contribution >= 0.6 is 0 Å². The zero-order valence-corrected chi connectivity index (χ0v) is 14.4. The Balaban J connectivity index is -0.000000105. The van der Waals surface area contributed by atoms with Crippen molar-refractivity contribution in [2.24, 2.45) is 0 Å². The molecule has 0 unspecified atom stereocenters. The van der Waals surface area contributed by atoms with E-state index in [1.165, 1.54) is 0 Å². The van der Waals surface area contributed by atoms with Gasteiger partial charge in [-0.3, -0.25) is 0 Å². The lowest BCUT2D eigenvalue weighted by Crippen LogP contribution is -2.10. The molecule has 0 aromatic carbocycles. The molecule has 78 valence electrons. The van der Waals surface area contributed by atoms with Crippen molar-refractivity contribution in [3.05, 3.63) is 0 Å². The van der Waals surface area contributed by atoms with E-state index >= 15 is 0 Å². The molecule has 0 bridgehead atoms. The van der Waals surface area contributed by atoms with Crippen molar-refractivity contribution in [3.8, 4) is 0 Å². The molecule has 0 aliphatic heterocycles. The summed E-state index contributed by atoms with van der Waals surface area (Å²) in [6.07, 6.45) is 0. The first-order valence-corrected chi connectivity index (χ1v) is 15.4. The van der Waals surface area contributed by atoms with Gasteiger partial charge >= 0.3 is 0 Å². The molecule has 0 aliphatic rings. The van der Waals surface area contributed by atoms with Crippen LogP contribution in [-0.2, 0) is 0 Å². The van der Waals surface area contributed by atoms with Crippen molar-refractivity contribution in [2.45, 2.75) is 58.9 Å². The van der Waals surface area contributed by atoms with Crippen molar-refractivity contribution in [1.29, 1.82) is 0 Å². The zero-order valence-electron chi connectivity index (χ0n) is 10.8. The summed E-state index contributed by atoms with van der Waals surface area (Å²) >= 11 is 0. The maximum Gasteiger partial charge on any atom is 0.0411 e. The van der Waals surface area contributed by atoms with E-state index in [0.717, 1.165) is 0 Å². The van der Waals surface area contributed by atoms with Crippen molar-refractivity contribution in [3.63, 3.8) is 0 Å². The van der Waals surface area contributed by atoms with Crippen LogP contribution in [0.25, 0.3) is 0 Å². The van der Waals surface area contributed by atoms with Gasteiger partial charge in [-0.1, -0.05) is 58.9 Å². The highest BCUT2D eigenvalue weighted by Gasteiger charge is 1.99. The molecule has 0 N–H and O–H groups in total. The second kappa shape index (κ2) is 11.7. The average molecular weight is 223 g/mol. The van der Waals surface area contributed by atoms with E-state index in [-0.39, 0.29) is 8.80 Å². The number of rotatable bonds is 0. The van der Waals surface area contributed by atoms with Gasteiger partial charge in [0.2, 0.25) is 0 Å². The fraction of sp³-hybridized carbons (Fsp3) is 1.00. The van der Waals surface area contributed by atoms with E-state index in [9.17, 15) is 0 Å². The van der Waals surface area contributed by atoms with Gasteiger partial charge in [0.1, 0.15) is 0 Å². The molecule has 0 spiro atoms. The highest BCUT2D eigenvalue weighted by atomic mass is 28.3. The molecule has 0 aromatic heterocycles. The summed E-state index contributed by atoms with van der Waals surface area (Å²) in [6, 6.07) is 0. The topological polar surface area (TPSA) is 0 Å². The van der Waals surface area contributed by atoms with Crippen molar-refractivity contribution < 1.29 is 0 Å². The lowest BCUT2D eigenvalue weighted by Gasteiger charge is -2.01. The molecule has 0 radical (unpaired) electrons. The van der Waals surface area contributed by atoms with Crippen LogP contribution in [0.15, 0.2) is 0 Å². The first-order chi connectivity index (χ1) is 5.15. The Bertz CT molecular complexity index is 55.9. The van der Waals surface area contributed by atoms with Gasteiger partial charge in [0, 0.05) is 26.4 Å². The molecule has 0 saturated carbocycles. The Labute approximate surface area is 85.6 Å². The van der Waals surface area contributed by atoms with E-state index in [1.54, 1.807) is 0 Å². The second-order valence-electron chi connectivity index (χ2n) is 5.44. The Hall–Kier alpha value is 0.651. The van der Waals surface area contributed by atoms with Crippen molar-refractivity contribution in [1.82, 2.24) is 0 Å². The van der Waals surface area contributed by atoms with Gasteiger partial charge in [0.25, 0.3) is 0 Å². The van der Waals surface area contributed by atoms with Gasteiger partial charge in [-0.05, 0) is 0 Å². The highest BCUT2D eigenvalue weighted by Crippen LogP contribution is 1.94. The molecular formula is C9H30Si3. The summed E-state index contributed by atoms with van der Waals surface area (Å²) in [6.45, 7) is 20.8. The van der Waals surface area contributed by atoms with E-state index in [4.69, 9.17) is 0 Å². The fourth-order valence-electron chi connectivity index (χ4n) is 0. The normalized spacial score (nSPS) is 9.50. The minimum Gasteiger partial charge on any atom is -0.0750 e. The van der Waals surface area contributed by atoms with Crippen LogP contribution in [0.5, 0.6) is 0 Å². The molecule has 0 aliphatic carbocycles. The third kappa shape index (κ3) is 2340. The van der Waals surface area contributed by atoms with Crippen LogP contribution in [0, 0.1) is 0 Å². The first kappa shape index (κ1) is 18.4. The molecule has 0 amide bonds. The summed E-state index contributed by atoms with van der Waals surface area (Å²) in [5, 5.41) is 0. The predicted molar refractivity (Wildman–Crippen MR) is 74.2 cm³/mol. The van der Waals surface area contributed by atoms with Crippen molar-refractivity contribution in [2.75, 3.05) is 0 Å². The summed E-state index contributed by atoms with van der Waals surface area (Å²) in [4.78, 5) is 0. The van der Waals surface area contributed by atoms with Gasteiger partial charge < -0.3 is 0 Å². The second-order valence-corrected chi connectivity index (χ2v) is 16.3.